The molecule has 0 amide bonds. The van der Waals surface area contributed by atoms with E-state index in [2.05, 4.69) is 15.0 Å². The van der Waals surface area contributed by atoms with Crippen molar-refractivity contribution in [3.05, 3.63) is 18.1 Å². The number of ketones is 1. The number of methoxy groups -OCH3 is 1. The molecule has 7 heteroatoms. The number of nitrogens with two attached hydrogens (primary N) is 1. The van der Waals surface area contributed by atoms with E-state index in [0.717, 1.165) is 31.4 Å². The molecule has 24 heavy (non-hydrogen) atoms. The van der Waals surface area contributed by atoms with Crippen molar-refractivity contribution < 1.29 is 14.3 Å². The van der Waals surface area contributed by atoms with Crippen LogP contribution in [0.1, 0.15) is 43.7 Å². The third-order valence-corrected chi connectivity index (χ3v) is 5.75. The summed E-state index contributed by atoms with van der Waals surface area (Å²) < 4.78 is 10.5. The third kappa shape index (κ3) is 2.34. The number of rotatable bonds is 2. The topological polar surface area (TPSA) is 99.7 Å². The number of hydrogen-bond acceptors (Lipinski definition) is 7. The smallest absolute Gasteiger partial charge is 0.283 e. The fourth-order valence-electron chi connectivity index (χ4n) is 4.60. The number of aliphatic imine (C=N–C) groups is 1. The van der Waals surface area contributed by atoms with Crippen LogP contribution in [-0.4, -0.2) is 41.0 Å². The van der Waals surface area contributed by atoms with Crippen molar-refractivity contribution in [1.29, 1.82) is 0 Å². The van der Waals surface area contributed by atoms with Gasteiger partial charge in [0.1, 0.15) is 6.61 Å². The molecule has 2 aliphatic carbocycles. The Kier molecular flexibility index (Phi) is 3.66. The van der Waals surface area contributed by atoms with E-state index in [-0.39, 0.29) is 29.6 Å². The van der Waals surface area contributed by atoms with E-state index in [4.69, 9.17) is 15.2 Å². The molecule has 1 aromatic heterocycles. The number of amidine groups is 1. The van der Waals surface area contributed by atoms with Gasteiger partial charge in [-0.2, -0.15) is 0 Å². The highest BCUT2D eigenvalue weighted by Crippen LogP contribution is 2.50. The monoisotopic (exact) mass is 330 g/mol. The summed E-state index contributed by atoms with van der Waals surface area (Å²) in [7, 11) is 1.59. The SMILES string of the molecule is COc1cncc(C2CCCC3C(=O)C4(CCC32)COC(N)=N4)n1. The van der Waals surface area contributed by atoms with Crippen molar-refractivity contribution in [2.24, 2.45) is 22.6 Å². The number of carbonyl (C=O) groups excluding carboxylic acids is 1. The summed E-state index contributed by atoms with van der Waals surface area (Å²) in [5.74, 6) is 1.25. The van der Waals surface area contributed by atoms with Crippen molar-refractivity contribution in [1.82, 2.24) is 9.97 Å². The zero-order chi connectivity index (χ0) is 16.7. The molecule has 0 bridgehead atoms. The van der Waals surface area contributed by atoms with Crippen molar-refractivity contribution in [3.8, 4) is 5.88 Å². The Bertz CT molecular complexity index is 692. The predicted octanol–water partition coefficient (Wildman–Crippen LogP) is 1.43. The van der Waals surface area contributed by atoms with Crippen LogP contribution in [0.3, 0.4) is 0 Å². The first-order valence-corrected chi connectivity index (χ1v) is 8.51. The van der Waals surface area contributed by atoms with Crippen molar-refractivity contribution in [3.63, 3.8) is 0 Å². The van der Waals surface area contributed by atoms with Crippen LogP contribution in [0, 0.1) is 11.8 Å². The molecule has 128 valence electrons. The summed E-state index contributed by atoms with van der Waals surface area (Å²) in [6, 6.07) is 0.146. The summed E-state index contributed by atoms with van der Waals surface area (Å²) in [5.41, 5.74) is 5.85. The lowest BCUT2D eigenvalue weighted by molar-refractivity contribution is -0.135. The number of ether oxygens (including phenoxy) is 2. The molecule has 1 aliphatic heterocycles. The van der Waals surface area contributed by atoms with Crippen LogP contribution >= 0.6 is 0 Å². The van der Waals surface area contributed by atoms with E-state index in [1.807, 2.05) is 0 Å². The number of fused-ring (bicyclic) bond motifs is 1. The molecule has 0 radical (unpaired) electrons. The Labute approximate surface area is 140 Å². The number of hydrogen-bond donors (Lipinski definition) is 1. The molecule has 4 rings (SSSR count). The lowest BCUT2D eigenvalue weighted by Crippen LogP contribution is -2.51. The van der Waals surface area contributed by atoms with E-state index >= 15 is 0 Å². The Morgan fingerprint density at radius 2 is 2.12 bits per heavy atom. The first-order valence-electron chi connectivity index (χ1n) is 8.51. The van der Waals surface area contributed by atoms with Gasteiger partial charge >= 0.3 is 0 Å². The van der Waals surface area contributed by atoms with E-state index < -0.39 is 5.54 Å². The van der Waals surface area contributed by atoms with Crippen LogP contribution in [-0.2, 0) is 9.53 Å². The van der Waals surface area contributed by atoms with Crippen LogP contribution in [0.15, 0.2) is 17.4 Å². The van der Waals surface area contributed by atoms with E-state index in [1.54, 1.807) is 19.5 Å². The second-order valence-electron chi connectivity index (χ2n) is 6.97. The third-order valence-electron chi connectivity index (χ3n) is 5.75. The van der Waals surface area contributed by atoms with Gasteiger partial charge < -0.3 is 15.2 Å². The van der Waals surface area contributed by atoms with Gasteiger partial charge in [0.15, 0.2) is 11.3 Å². The van der Waals surface area contributed by atoms with E-state index in [0.29, 0.717) is 18.9 Å². The van der Waals surface area contributed by atoms with Crippen molar-refractivity contribution in [2.45, 2.75) is 43.6 Å². The maximum Gasteiger partial charge on any atom is 0.283 e. The molecule has 2 N–H and O–H groups in total. The maximum atomic E-state index is 13.1. The quantitative estimate of drug-likeness (QED) is 0.880. The Morgan fingerprint density at radius 3 is 2.88 bits per heavy atom. The molecule has 1 spiro atoms. The fourth-order valence-corrected chi connectivity index (χ4v) is 4.60. The first-order chi connectivity index (χ1) is 11.6. The van der Waals surface area contributed by atoms with Gasteiger partial charge in [0.05, 0.1) is 19.0 Å². The Balaban J connectivity index is 1.62. The minimum absolute atomic E-state index is 0.00347. The molecule has 7 nitrogen and oxygen atoms in total. The lowest BCUT2D eigenvalue weighted by Gasteiger charge is -2.44. The largest absolute Gasteiger partial charge is 0.480 e. The first kappa shape index (κ1) is 15.4. The highest BCUT2D eigenvalue weighted by Gasteiger charge is 2.54. The average Bonchev–Trinajstić information content (AvgIpc) is 3.00. The van der Waals surface area contributed by atoms with Crippen LogP contribution < -0.4 is 10.5 Å². The maximum absolute atomic E-state index is 13.1. The highest BCUT2D eigenvalue weighted by molar-refractivity contribution is 5.95. The molecule has 2 saturated carbocycles. The van der Waals surface area contributed by atoms with Crippen molar-refractivity contribution in [2.75, 3.05) is 13.7 Å². The predicted molar refractivity (Wildman–Crippen MR) is 86.7 cm³/mol. The summed E-state index contributed by atoms with van der Waals surface area (Å²) >= 11 is 0. The molecule has 2 fully saturated rings. The standard InChI is InChI=1S/C17H22N4O3/c1-23-14-8-19-7-13(20-14)11-3-2-4-12-10(11)5-6-17(15(12)22)9-24-16(18)21-17/h7-8,10-12H,2-6,9H2,1H3,(H2,18,21). The van der Waals surface area contributed by atoms with Crippen LogP contribution in [0.5, 0.6) is 5.88 Å². The van der Waals surface area contributed by atoms with Gasteiger partial charge in [0, 0.05) is 18.0 Å². The molecule has 1 aromatic rings. The number of nitrogens with zero attached hydrogens (tertiary/aromatic N) is 3. The normalized spacial score (nSPS) is 35.3. The number of Topliss-reactive ketones (excluding diaryl/α,β-unsaturated/α-hetero) is 1. The van der Waals surface area contributed by atoms with Crippen molar-refractivity contribution >= 4 is 11.8 Å². The van der Waals surface area contributed by atoms with Crippen LogP contribution in [0.2, 0.25) is 0 Å². The van der Waals surface area contributed by atoms with Crippen LogP contribution in [0.4, 0.5) is 0 Å². The van der Waals surface area contributed by atoms with Gasteiger partial charge in [-0.1, -0.05) is 6.42 Å². The second kappa shape index (κ2) is 5.72. The van der Waals surface area contributed by atoms with Gasteiger partial charge in [-0.15, -0.1) is 0 Å². The van der Waals surface area contributed by atoms with E-state index in [9.17, 15) is 4.79 Å². The molecule has 0 aromatic carbocycles. The summed E-state index contributed by atoms with van der Waals surface area (Å²) in [5, 5.41) is 0. The number of aromatic nitrogens is 2. The van der Waals surface area contributed by atoms with Gasteiger partial charge in [-0.05, 0) is 31.6 Å². The highest BCUT2D eigenvalue weighted by atomic mass is 16.5. The second-order valence-corrected chi connectivity index (χ2v) is 6.97. The molecule has 3 aliphatic rings. The van der Waals surface area contributed by atoms with Gasteiger partial charge in [0.25, 0.3) is 6.02 Å². The minimum atomic E-state index is -0.743. The average molecular weight is 330 g/mol. The molecular formula is C17H22N4O3. The molecule has 0 saturated heterocycles. The Hall–Kier alpha value is -2.18. The molecule has 4 unspecified atom stereocenters. The Morgan fingerprint density at radius 1 is 1.29 bits per heavy atom. The zero-order valence-corrected chi connectivity index (χ0v) is 13.8. The summed E-state index contributed by atoms with van der Waals surface area (Å²) in [6.07, 6.45) is 7.99. The van der Waals surface area contributed by atoms with E-state index in [1.165, 1.54) is 0 Å². The fraction of sp³-hybridized carbons (Fsp3) is 0.647. The summed E-state index contributed by atoms with van der Waals surface area (Å²) in [6.45, 7) is 0.296. The van der Waals surface area contributed by atoms with Crippen LogP contribution in [0.25, 0.3) is 0 Å². The molecule has 2 heterocycles. The van der Waals surface area contributed by atoms with Gasteiger partial charge in [0.2, 0.25) is 5.88 Å². The van der Waals surface area contributed by atoms with Gasteiger partial charge in [-0.3, -0.25) is 9.78 Å². The molecule has 4 atom stereocenters. The lowest BCUT2D eigenvalue weighted by atomic mass is 9.60. The van der Waals surface area contributed by atoms with Gasteiger partial charge in [-0.25, -0.2) is 9.98 Å². The minimum Gasteiger partial charge on any atom is -0.480 e. The zero-order valence-electron chi connectivity index (χ0n) is 13.8. The molecular weight excluding hydrogens is 308 g/mol. The number of carbonyl (C=O) groups is 1. The summed E-state index contributed by atoms with van der Waals surface area (Å²) in [4.78, 5) is 26.3.